The highest BCUT2D eigenvalue weighted by Crippen LogP contribution is 2.25. The molecule has 28 heavy (non-hydrogen) atoms. The van der Waals surface area contributed by atoms with Crippen LogP contribution in [-0.4, -0.2) is 28.5 Å². The zero-order valence-electron chi connectivity index (χ0n) is 15.7. The topological polar surface area (TPSA) is 93.2 Å². The van der Waals surface area contributed by atoms with Gasteiger partial charge in [-0.15, -0.1) is 22.7 Å². The Labute approximate surface area is 170 Å². The molecule has 146 valence electrons. The van der Waals surface area contributed by atoms with E-state index < -0.39 is 0 Å². The minimum Gasteiger partial charge on any atom is -0.466 e. The maximum absolute atomic E-state index is 12.4. The van der Waals surface area contributed by atoms with Gasteiger partial charge in [0.1, 0.15) is 5.69 Å². The molecule has 9 heteroatoms. The number of nitrogens with zero attached hydrogens (tertiary/aromatic N) is 2. The Morgan fingerprint density at radius 2 is 1.89 bits per heavy atom. The minimum atomic E-state index is -0.345. The molecular formula is C19H20N4O3S2. The molecular weight excluding hydrogens is 396 g/mol. The van der Waals surface area contributed by atoms with E-state index in [0.717, 1.165) is 11.3 Å². The van der Waals surface area contributed by atoms with Crippen molar-refractivity contribution in [2.45, 2.75) is 27.2 Å². The number of rotatable bonds is 7. The molecule has 0 saturated carbocycles. The number of benzene rings is 1. The van der Waals surface area contributed by atoms with Gasteiger partial charge in [0.15, 0.2) is 10.3 Å². The van der Waals surface area contributed by atoms with Gasteiger partial charge < -0.3 is 10.1 Å². The fourth-order valence-electron chi connectivity index (χ4n) is 2.47. The van der Waals surface area contributed by atoms with Gasteiger partial charge in [-0.3, -0.25) is 14.9 Å². The fraction of sp³-hybridized carbons (Fsp3) is 0.263. The van der Waals surface area contributed by atoms with Crippen molar-refractivity contribution in [2.75, 3.05) is 17.2 Å². The van der Waals surface area contributed by atoms with Crippen LogP contribution in [0.25, 0.3) is 0 Å². The van der Waals surface area contributed by atoms with E-state index in [-0.39, 0.29) is 18.3 Å². The van der Waals surface area contributed by atoms with Gasteiger partial charge in [-0.05, 0) is 32.4 Å². The van der Waals surface area contributed by atoms with Crippen LogP contribution in [0, 0.1) is 13.8 Å². The summed E-state index contributed by atoms with van der Waals surface area (Å²) in [7, 11) is 0. The largest absolute Gasteiger partial charge is 0.466 e. The first-order valence-corrected chi connectivity index (χ1v) is 10.4. The van der Waals surface area contributed by atoms with Crippen molar-refractivity contribution >= 4 is 50.5 Å². The Kier molecular flexibility index (Phi) is 6.37. The fourth-order valence-corrected chi connectivity index (χ4v) is 3.88. The Hall–Kier alpha value is -2.78. The van der Waals surface area contributed by atoms with E-state index >= 15 is 0 Å². The molecule has 0 fully saturated rings. The number of hydrogen-bond acceptors (Lipinski definition) is 8. The highest BCUT2D eigenvalue weighted by molar-refractivity contribution is 7.14. The number of thiazole rings is 2. The number of ether oxygens (including phenoxy) is 1. The summed E-state index contributed by atoms with van der Waals surface area (Å²) < 4.78 is 4.89. The van der Waals surface area contributed by atoms with Crippen molar-refractivity contribution in [2.24, 2.45) is 0 Å². The van der Waals surface area contributed by atoms with Crippen molar-refractivity contribution in [1.82, 2.24) is 9.97 Å². The third kappa shape index (κ3) is 5.14. The SMILES string of the molecule is CCOC(=O)Cc1csc(NC(=O)c2csc(Nc3ccc(C)cc3C)n2)n1. The minimum absolute atomic E-state index is 0.0842. The average molecular weight is 417 g/mol. The predicted molar refractivity (Wildman–Crippen MR) is 112 cm³/mol. The van der Waals surface area contributed by atoms with Crippen LogP contribution >= 0.6 is 22.7 Å². The van der Waals surface area contributed by atoms with Crippen LogP contribution in [0.3, 0.4) is 0 Å². The predicted octanol–water partition coefficient (Wildman–Crippen LogP) is 4.32. The summed E-state index contributed by atoms with van der Waals surface area (Å²) in [5.41, 5.74) is 4.12. The van der Waals surface area contributed by atoms with Crippen molar-refractivity contribution in [3.05, 3.63) is 51.5 Å². The molecule has 0 aliphatic heterocycles. The zero-order chi connectivity index (χ0) is 20.1. The lowest BCUT2D eigenvalue weighted by Crippen LogP contribution is -2.12. The zero-order valence-corrected chi connectivity index (χ0v) is 17.4. The number of nitrogens with one attached hydrogen (secondary N) is 2. The molecule has 0 radical (unpaired) electrons. The highest BCUT2D eigenvalue weighted by Gasteiger charge is 2.15. The Morgan fingerprint density at radius 1 is 1.11 bits per heavy atom. The molecule has 0 saturated heterocycles. The molecule has 2 heterocycles. The lowest BCUT2D eigenvalue weighted by molar-refractivity contribution is -0.142. The number of anilines is 3. The quantitative estimate of drug-likeness (QED) is 0.557. The number of aryl methyl sites for hydroxylation is 2. The summed E-state index contributed by atoms with van der Waals surface area (Å²) in [6.07, 6.45) is 0.0842. The van der Waals surface area contributed by atoms with Crippen molar-refractivity contribution in [3.63, 3.8) is 0 Å². The van der Waals surface area contributed by atoms with Gasteiger partial charge in [0.05, 0.1) is 18.7 Å². The Bertz CT molecular complexity index is 997. The van der Waals surface area contributed by atoms with Crippen LogP contribution in [-0.2, 0) is 16.0 Å². The summed E-state index contributed by atoms with van der Waals surface area (Å²) in [6, 6.07) is 6.10. The molecule has 2 aromatic heterocycles. The highest BCUT2D eigenvalue weighted by atomic mass is 32.1. The third-order valence-electron chi connectivity index (χ3n) is 3.76. The van der Waals surface area contributed by atoms with E-state index in [4.69, 9.17) is 4.74 Å². The first-order chi connectivity index (χ1) is 13.4. The number of amides is 1. The van der Waals surface area contributed by atoms with Crippen LogP contribution in [0.2, 0.25) is 0 Å². The number of carbonyl (C=O) groups is 2. The first-order valence-electron chi connectivity index (χ1n) is 8.65. The van der Waals surface area contributed by atoms with E-state index in [0.29, 0.717) is 28.3 Å². The lowest BCUT2D eigenvalue weighted by Gasteiger charge is -2.07. The Balaban J connectivity index is 1.61. The second kappa shape index (κ2) is 8.94. The Morgan fingerprint density at radius 3 is 2.64 bits per heavy atom. The van der Waals surface area contributed by atoms with Crippen molar-refractivity contribution < 1.29 is 14.3 Å². The molecule has 0 atom stereocenters. The van der Waals surface area contributed by atoms with Crippen LogP contribution in [0.1, 0.15) is 34.2 Å². The molecule has 0 unspecified atom stereocenters. The second-order valence-corrected chi connectivity index (χ2v) is 7.78. The maximum Gasteiger partial charge on any atom is 0.311 e. The first kappa shape index (κ1) is 20.0. The molecule has 1 amide bonds. The van der Waals surface area contributed by atoms with Gasteiger partial charge in [-0.2, -0.15) is 0 Å². The normalized spacial score (nSPS) is 10.5. The molecule has 0 spiro atoms. The second-order valence-electron chi connectivity index (χ2n) is 6.06. The van der Waals surface area contributed by atoms with Crippen LogP contribution in [0.15, 0.2) is 29.0 Å². The number of esters is 1. The number of hydrogen-bond donors (Lipinski definition) is 2. The molecule has 0 bridgehead atoms. The van der Waals surface area contributed by atoms with Gasteiger partial charge in [0.2, 0.25) is 0 Å². The molecule has 7 nitrogen and oxygen atoms in total. The van der Waals surface area contributed by atoms with Crippen molar-refractivity contribution in [3.8, 4) is 0 Å². The monoisotopic (exact) mass is 416 g/mol. The molecule has 3 rings (SSSR count). The average Bonchev–Trinajstić information content (AvgIpc) is 3.27. The summed E-state index contributed by atoms with van der Waals surface area (Å²) in [4.78, 5) is 32.5. The molecule has 0 aliphatic rings. The molecule has 3 aromatic rings. The molecule has 1 aromatic carbocycles. The smallest absolute Gasteiger partial charge is 0.311 e. The summed E-state index contributed by atoms with van der Waals surface area (Å²) in [5.74, 6) is -0.686. The van der Waals surface area contributed by atoms with E-state index in [2.05, 4.69) is 26.7 Å². The number of aromatic nitrogens is 2. The van der Waals surface area contributed by atoms with Gasteiger partial charge in [0.25, 0.3) is 5.91 Å². The molecule has 0 aliphatic carbocycles. The van der Waals surface area contributed by atoms with Crippen molar-refractivity contribution in [1.29, 1.82) is 0 Å². The maximum atomic E-state index is 12.4. The number of carbonyl (C=O) groups excluding carboxylic acids is 2. The standard InChI is InChI=1S/C19H20N4O3S2/c1-4-26-16(24)8-13-9-27-18(20-13)23-17(25)15-10-28-19(22-15)21-14-6-5-11(2)7-12(14)3/h5-7,9-10H,4,8H2,1-3H3,(H,21,22)(H,20,23,25). The third-order valence-corrected chi connectivity index (χ3v) is 5.33. The van der Waals surface area contributed by atoms with Gasteiger partial charge in [0, 0.05) is 16.4 Å². The van der Waals surface area contributed by atoms with E-state index in [1.165, 1.54) is 28.2 Å². The van der Waals surface area contributed by atoms with Crippen LogP contribution in [0.4, 0.5) is 16.0 Å². The summed E-state index contributed by atoms with van der Waals surface area (Å²) in [5, 5.41) is 10.4. The van der Waals surface area contributed by atoms with E-state index in [1.807, 2.05) is 26.0 Å². The lowest BCUT2D eigenvalue weighted by atomic mass is 10.1. The van der Waals surface area contributed by atoms with E-state index in [9.17, 15) is 9.59 Å². The summed E-state index contributed by atoms with van der Waals surface area (Å²) >= 11 is 2.61. The van der Waals surface area contributed by atoms with Gasteiger partial charge in [-0.1, -0.05) is 17.7 Å². The molecule has 2 N–H and O–H groups in total. The van der Waals surface area contributed by atoms with Crippen LogP contribution < -0.4 is 10.6 Å². The van der Waals surface area contributed by atoms with E-state index in [1.54, 1.807) is 17.7 Å². The summed E-state index contributed by atoms with van der Waals surface area (Å²) in [6.45, 7) is 6.14. The van der Waals surface area contributed by atoms with Gasteiger partial charge >= 0.3 is 5.97 Å². The van der Waals surface area contributed by atoms with Crippen LogP contribution in [0.5, 0.6) is 0 Å². The van der Waals surface area contributed by atoms with Gasteiger partial charge in [-0.25, -0.2) is 9.97 Å².